The predicted octanol–water partition coefficient (Wildman–Crippen LogP) is -0.511. The summed E-state index contributed by atoms with van der Waals surface area (Å²) in [5, 5.41) is 19.7. The number of hydrogen-bond acceptors (Lipinski definition) is 5. The summed E-state index contributed by atoms with van der Waals surface area (Å²) in [6, 6.07) is 0. The van der Waals surface area contributed by atoms with E-state index in [0.29, 0.717) is 5.33 Å². The fraction of sp³-hybridized carbons (Fsp3) is 1.00. The van der Waals surface area contributed by atoms with E-state index in [9.17, 15) is 10.2 Å². The van der Waals surface area contributed by atoms with Gasteiger partial charge in [-0.15, -0.1) is 0 Å². The van der Waals surface area contributed by atoms with Crippen molar-refractivity contribution in [2.75, 3.05) is 19.5 Å². The third-order valence-corrected chi connectivity index (χ3v) is 2.97. The zero-order chi connectivity index (χ0) is 10.7. The summed E-state index contributed by atoms with van der Waals surface area (Å²) < 4.78 is 15.2. The van der Waals surface area contributed by atoms with Gasteiger partial charge in [0.25, 0.3) is 0 Å². The van der Waals surface area contributed by atoms with Gasteiger partial charge in [-0.3, -0.25) is 0 Å². The van der Waals surface area contributed by atoms with Gasteiger partial charge in [-0.05, 0) is 0 Å². The summed E-state index contributed by atoms with van der Waals surface area (Å²) in [7, 11) is 2.90. The van der Waals surface area contributed by atoms with Crippen LogP contribution in [0.3, 0.4) is 0 Å². The van der Waals surface area contributed by atoms with Crippen LogP contribution in [0, 0.1) is 0 Å². The predicted molar refractivity (Wildman–Crippen MR) is 52.3 cm³/mol. The largest absolute Gasteiger partial charge is 0.388 e. The number of halogens is 1. The highest BCUT2D eigenvalue weighted by atomic mass is 79.9. The van der Waals surface area contributed by atoms with Crippen molar-refractivity contribution in [1.29, 1.82) is 0 Å². The molecule has 0 aromatic carbocycles. The number of alkyl halides is 1. The lowest BCUT2D eigenvalue weighted by atomic mass is 10.00. The number of hydrogen-bond donors (Lipinski definition) is 2. The van der Waals surface area contributed by atoms with E-state index in [0.717, 1.165) is 0 Å². The van der Waals surface area contributed by atoms with Crippen LogP contribution in [0.1, 0.15) is 0 Å². The molecule has 5 atom stereocenters. The zero-order valence-corrected chi connectivity index (χ0v) is 9.68. The number of aliphatic hydroxyl groups excluding tert-OH is 2. The Bertz CT molecular complexity index is 179. The van der Waals surface area contributed by atoms with Crippen molar-refractivity contribution in [1.82, 2.24) is 0 Å². The molecule has 84 valence electrons. The van der Waals surface area contributed by atoms with Crippen LogP contribution in [-0.2, 0) is 14.2 Å². The Balaban J connectivity index is 2.73. The van der Waals surface area contributed by atoms with Crippen LogP contribution in [0.4, 0.5) is 0 Å². The summed E-state index contributed by atoms with van der Waals surface area (Å²) in [5.41, 5.74) is 0. The maximum atomic E-state index is 9.78. The van der Waals surface area contributed by atoms with Crippen molar-refractivity contribution in [2.24, 2.45) is 0 Å². The Morgan fingerprint density at radius 2 is 1.79 bits per heavy atom. The molecule has 0 saturated carbocycles. The molecule has 14 heavy (non-hydrogen) atoms. The van der Waals surface area contributed by atoms with Crippen LogP contribution < -0.4 is 0 Å². The van der Waals surface area contributed by atoms with Crippen LogP contribution in [-0.4, -0.2) is 60.5 Å². The van der Waals surface area contributed by atoms with Gasteiger partial charge in [0, 0.05) is 19.5 Å². The van der Waals surface area contributed by atoms with E-state index in [1.807, 2.05) is 0 Å². The van der Waals surface area contributed by atoms with Gasteiger partial charge < -0.3 is 24.4 Å². The fourth-order valence-corrected chi connectivity index (χ4v) is 2.09. The highest BCUT2D eigenvalue weighted by Gasteiger charge is 2.44. The van der Waals surface area contributed by atoms with Crippen LogP contribution in [0.5, 0.6) is 0 Å². The zero-order valence-electron chi connectivity index (χ0n) is 8.09. The smallest absolute Gasteiger partial charge is 0.184 e. The second-order valence-electron chi connectivity index (χ2n) is 3.11. The fourth-order valence-electron chi connectivity index (χ4n) is 1.56. The maximum Gasteiger partial charge on any atom is 0.184 e. The molecule has 1 rings (SSSR count). The second-order valence-corrected chi connectivity index (χ2v) is 3.76. The highest BCUT2D eigenvalue weighted by molar-refractivity contribution is 9.09. The van der Waals surface area contributed by atoms with E-state index in [1.165, 1.54) is 14.2 Å². The first-order valence-corrected chi connectivity index (χ1v) is 5.41. The summed E-state index contributed by atoms with van der Waals surface area (Å²) in [6.07, 6.45) is -3.61. The molecular weight excluding hydrogens is 256 g/mol. The molecule has 5 nitrogen and oxygen atoms in total. The van der Waals surface area contributed by atoms with Gasteiger partial charge in [0.05, 0.1) is 6.10 Å². The van der Waals surface area contributed by atoms with Crippen molar-refractivity contribution in [3.05, 3.63) is 0 Å². The van der Waals surface area contributed by atoms with E-state index in [-0.39, 0.29) is 0 Å². The molecule has 0 aromatic heterocycles. The molecule has 0 amide bonds. The maximum absolute atomic E-state index is 9.78. The molecule has 6 heteroatoms. The molecule has 0 unspecified atom stereocenters. The highest BCUT2D eigenvalue weighted by Crippen LogP contribution is 2.24. The minimum Gasteiger partial charge on any atom is -0.388 e. The molecule has 0 spiro atoms. The van der Waals surface area contributed by atoms with Gasteiger partial charge in [0.1, 0.15) is 18.3 Å². The first kappa shape index (κ1) is 12.4. The van der Waals surface area contributed by atoms with E-state index >= 15 is 0 Å². The molecule has 1 saturated heterocycles. The van der Waals surface area contributed by atoms with Gasteiger partial charge >= 0.3 is 0 Å². The van der Waals surface area contributed by atoms with Crippen molar-refractivity contribution < 1.29 is 24.4 Å². The van der Waals surface area contributed by atoms with Gasteiger partial charge in [-0.25, -0.2) is 0 Å². The molecule has 0 aromatic rings. The van der Waals surface area contributed by atoms with E-state index < -0.39 is 30.7 Å². The molecule has 1 heterocycles. The lowest BCUT2D eigenvalue weighted by Gasteiger charge is -2.40. The molecular formula is C8H15BrO5. The molecule has 2 N–H and O–H groups in total. The Hall–Kier alpha value is 0.280. The number of methoxy groups -OCH3 is 2. The Morgan fingerprint density at radius 3 is 2.21 bits per heavy atom. The van der Waals surface area contributed by atoms with Crippen molar-refractivity contribution in [3.8, 4) is 0 Å². The van der Waals surface area contributed by atoms with Crippen LogP contribution in [0.25, 0.3) is 0 Å². The summed E-state index contributed by atoms with van der Waals surface area (Å²) in [4.78, 5) is 0. The van der Waals surface area contributed by atoms with Gasteiger partial charge in [-0.2, -0.15) is 0 Å². The molecule has 0 aliphatic carbocycles. The quantitative estimate of drug-likeness (QED) is 0.677. The first-order valence-electron chi connectivity index (χ1n) is 4.28. The van der Waals surface area contributed by atoms with E-state index in [2.05, 4.69) is 15.9 Å². The third-order valence-electron chi connectivity index (χ3n) is 2.33. The van der Waals surface area contributed by atoms with Gasteiger partial charge in [0.15, 0.2) is 6.29 Å². The monoisotopic (exact) mass is 270 g/mol. The minimum absolute atomic E-state index is 0.432. The molecule has 1 aliphatic rings. The molecule has 1 fully saturated rings. The third kappa shape index (κ3) is 2.26. The lowest BCUT2D eigenvalue weighted by molar-refractivity contribution is -0.286. The SMILES string of the molecule is CO[C@@H]1[C@@H](OC)[C@H](O)[C@@H](CBr)O[C@@H]1O. The number of rotatable bonds is 3. The summed E-state index contributed by atoms with van der Waals surface area (Å²) in [5.74, 6) is 0. The Morgan fingerprint density at radius 1 is 1.21 bits per heavy atom. The van der Waals surface area contributed by atoms with Crippen molar-refractivity contribution in [3.63, 3.8) is 0 Å². The van der Waals surface area contributed by atoms with Gasteiger partial charge in [0.2, 0.25) is 0 Å². The average molecular weight is 271 g/mol. The number of ether oxygens (including phenoxy) is 3. The van der Waals surface area contributed by atoms with Crippen LogP contribution >= 0.6 is 15.9 Å². The van der Waals surface area contributed by atoms with Crippen LogP contribution in [0.15, 0.2) is 0 Å². The average Bonchev–Trinajstić information content (AvgIpc) is 2.20. The van der Waals surface area contributed by atoms with Crippen molar-refractivity contribution >= 4 is 15.9 Å². The second kappa shape index (κ2) is 5.39. The Labute approximate surface area is 91.1 Å². The summed E-state index contributed by atoms with van der Waals surface area (Å²) in [6.45, 7) is 0. The van der Waals surface area contributed by atoms with E-state index in [4.69, 9.17) is 14.2 Å². The van der Waals surface area contributed by atoms with E-state index in [1.54, 1.807) is 0 Å². The van der Waals surface area contributed by atoms with Crippen molar-refractivity contribution in [2.45, 2.75) is 30.7 Å². The molecule has 0 radical (unpaired) electrons. The summed E-state index contributed by atoms with van der Waals surface area (Å²) >= 11 is 3.18. The standard InChI is InChI=1S/C8H15BrO5/c1-12-6-5(10)4(3-9)14-8(11)7(6)13-2/h4-8,10-11H,3H2,1-2H3/t4-,5-,6+,7-,8+/m1/s1. The van der Waals surface area contributed by atoms with Gasteiger partial charge in [-0.1, -0.05) is 15.9 Å². The topological polar surface area (TPSA) is 68.2 Å². The molecule has 0 bridgehead atoms. The minimum atomic E-state index is -1.07. The Kier molecular flexibility index (Phi) is 4.75. The normalized spacial score (nSPS) is 43.9. The molecule has 1 aliphatic heterocycles. The number of aliphatic hydroxyl groups is 2. The first-order chi connectivity index (χ1) is 6.65. The van der Waals surface area contributed by atoms with Crippen LogP contribution in [0.2, 0.25) is 0 Å². The lowest BCUT2D eigenvalue weighted by Crippen LogP contribution is -2.59.